The number of carbonyl (C=O) groups is 4. The van der Waals surface area contributed by atoms with Gasteiger partial charge in [-0.2, -0.15) is 0 Å². The molecule has 0 saturated carbocycles. The smallest absolute Gasteiger partial charge is 0.462 e. The zero-order valence-corrected chi connectivity index (χ0v) is 54.7. The van der Waals surface area contributed by atoms with Crippen LogP contribution in [0.15, 0.2) is 0 Å². The fourth-order valence-electron chi connectivity index (χ4n) is 9.27. The lowest BCUT2D eigenvalue weighted by atomic mass is 9.99. The van der Waals surface area contributed by atoms with E-state index in [0.29, 0.717) is 37.5 Å². The highest BCUT2D eigenvalue weighted by atomic mass is 31.2. The van der Waals surface area contributed by atoms with Crippen LogP contribution in [0.4, 0.5) is 0 Å². The SMILES string of the molecule is CCCCCCCC(=O)OC[C@H](COP(=O)(O)OC[C@H](O)COP(=O)(O)OC[C@@H](COC(=O)CCCCCCCCCC(C)C)OC(=O)CCCCCCCCCCCCCCCCC(C)CC)OC(=O)CCCCCCCCC(C)C. The summed E-state index contributed by atoms with van der Waals surface area (Å²) in [7, 11) is -9.88. The molecule has 82 heavy (non-hydrogen) atoms. The minimum absolute atomic E-state index is 0.101. The molecule has 17 nitrogen and oxygen atoms in total. The van der Waals surface area contributed by atoms with E-state index in [0.717, 1.165) is 109 Å². The maximum atomic E-state index is 13.0. The molecular weight excluding hydrogens is 1090 g/mol. The molecule has 3 N–H and O–H groups in total. The molecule has 0 aliphatic heterocycles. The van der Waals surface area contributed by atoms with Gasteiger partial charge in [-0.1, -0.05) is 254 Å². The molecule has 0 heterocycles. The molecule has 0 aromatic rings. The molecule has 19 heteroatoms. The number of ether oxygens (including phenoxy) is 4. The van der Waals surface area contributed by atoms with Crippen LogP contribution in [0.1, 0.15) is 305 Å². The molecule has 0 spiro atoms. The van der Waals surface area contributed by atoms with Gasteiger partial charge in [0, 0.05) is 25.7 Å². The van der Waals surface area contributed by atoms with Crippen molar-refractivity contribution in [3.05, 3.63) is 0 Å². The number of hydrogen-bond donors (Lipinski definition) is 3. The molecule has 0 aromatic carbocycles. The van der Waals surface area contributed by atoms with Gasteiger partial charge in [0.1, 0.15) is 19.3 Å². The Morgan fingerprint density at radius 3 is 0.927 bits per heavy atom. The van der Waals surface area contributed by atoms with Crippen LogP contribution < -0.4 is 0 Å². The molecular formula is C63H122O17P2. The van der Waals surface area contributed by atoms with Crippen molar-refractivity contribution in [2.75, 3.05) is 39.6 Å². The third-order valence-corrected chi connectivity index (χ3v) is 16.6. The largest absolute Gasteiger partial charge is 0.472 e. The Hall–Kier alpha value is -1.94. The van der Waals surface area contributed by atoms with Gasteiger partial charge < -0.3 is 33.8 Å². The molecule has 0 fully saturated rings. The second kappa shape index (κ2) is 54.5. The van der Waals surface area contributed by atoms with Crippen molar-refractivity contribution >= 4 is 39.5 Å². The average molecular weight is 1210 g/mol. The van der Waals surface area contributed by atoms with E-state index in [4.69, 9.17) is 37.0 Å². The fraction of sp³-hybridized carbons (Fsp3) is 0.937. The minimum atomic E-state index is -4.94. The van der Waals surface area contributed by atoms with Gasteiger partial charge in [-0.15, -0.1) is 0 Å². The normalized spacial score (nSPS) is 14.7. The minimum Gasteiger partial charge on any atom is -0.462 e. The highest BCUT2D eigenvalue weighted by molar-refractivity contribution is 7.47. The van der Waals surface area contributed by atoms with Crippen molar-refractivity contribution in [2.45, 2.75) is 324 Å². The molecule has 0 rings (SSSR count). The maximum Gasteiger partial charge on any atom is 0.472 e. The predicted molar refractivity (Wildman–Crippen MR) is 326 cm³/mol. The monoisotopic (exact) mass is 1210 g/mol. The number of phosphoric ester groups is 2. The van der Waals surface area contributed by atoms with Crippen molar-refractivity contribution < 1.29 is 80.2 Å². The summed E-state index contributed by atoms with van der Waals surface area (Å²) in [5.41, 5.74) is 0. The summed E-state index contributed by atoms with van der Waals surface area (Å²) in [4.78, 5) is 71.8. The number of aliphatic hydroxyl groups is 1. The standard InChI is InChI=1S/C63H122O17P2/c1-8-10-11-27-37-44-60(65)73-50-58(80-63(68)47-40-33-26-25-29-35-42-55(5)6)52-77-81(69,70)75-48-57(64)49-76-82(71,72)78-53-59(51-74-61(66)45-38-31-24-20-21-28-34-41-54(3)4)79-62(67)46-39-32-23-19-17-15-13-12-14-16-18-22-30-36-43-56(7)9-2/h54-59,64H,8-53H2,1-7H3,(H,69,70)(H,71,72)/t56?,57-,58+,59+/m0/s1. The number of carbonyl (C=O) groups excluding carboxylic acids is 4. The van der Waals surface area contributed by atoms with Gasteiger partial charge >= 0.3 is 39.5 Å². The first-order valence-corrected chi connectivity index (χ1v) is 35.9. The summed E-state index contributed by atoms with van der Waals surface area (Å²) >= 11 is 0. The Kier molecular flexibility index (Phi) is 53.2. The quantitative estimate of drug-likeness (QED) is 0.0222. The first kappa shape index (κ1) is 80.1. The third kappa shape index (κ3) is 55.9. The predicted octanol–water partition coefficient (Wildman–Crippen LogP) is 17.1. The molecule has 0 bridgehead atoms. The lowest BCUT2D eigenvalue weighted by molar-refractivity contribution is -0.161. The van der Waals surface area contributed by atoms with Crippen LogP contribution in [-0.4, -0.2) is 96.7 Å². The van der Waals surface area contributed by atoms with E-state index in [9.17, 15) is 43.2 Å². The van der Waals surface area contributed by atoms with Gasteiger partial charge in [0.2, 0.25) is 0 Å². The summed E-state index contributed by atoms with van der Waals surface area (Å²) < 4.78 is 67.7. The summed E-state index contributed by atoms with van der Waals surface area (Å²) in [5.74, 6) is 0.0679. The van der Waals surface area contributed by atoms with Crippen LogP contribution in [0.25, 0.3) is 0 Å². The average Bonchev–Trinajstić information content (AvgIpc) is 3.43. The summed E-state index contributed by atoms with van der Waals surface area (Å²) in [5, 5.41) is 10.5. The number of esters is 4. The molecule has 0 aliphatic carbocycles. The molecule has 486 valence electrons. The van der Waals surface area contributed by atoms with Crippen LogP contribution in [0, 0.1) is 17.8 Å². The van der Waals surface area contributed by atoms with E-state index in [2.05, 4.69) is 48.5 Å². The van der Waals surface area contributed by atoms with Crippen LogP contribution in [-0.2, 0) is 65.4 Å². The Balaban J connectivity index is 5.14. The molecule has 3 unspecified atom stereocenters. The zero-order chi connectivity index (χ0) is 61.0. The zero-order valence-electron chi connectivity index (χ0n) is 52.9. The van der Waals surface area contributed by atoms with Gasteiger partial charge in [0.25, 0.3) is 0 Å². The maximum absolute atomic E-state index is 13.0. The number of aliphatic hydroxyl groups excluding tert-OH is 1. The molecule has 0 radical (unpaired) electrons. The van der Waals surface area contributed by atoms with E-state index in [1.807, 2.05) is 0 Å². The van der Waals surface area contributed by atoms with E-state index in [-0.39, 0.29) is 25.7 Å². The van der Waals surface area contributed by atoms with Crippen molar-refractivity contribution in [3.8, 4) is 0 Å². The highest BCUT2D eigenvalue weighted by Gasteiger charge is 2.30. The lowest BCUT2D eigenvalue weighted by Gasteiger charge is -2.21. The van der Waals surface area contributed by atoms with E-state index in [1.54, 1.807) is 0 Å². The fourth-order valence-corrected chi connectivity index (χ4v) is 10.9. The van der Waals surface area contributed by atoms with Crippen molar-refractivity contribution in [1.82, 2.24) is 0 Å². The highest BCUT2D eigenvalue weighted by Crippen LogP contribution is 2.45. The van der Waals surface area contributed by atoms with Gasteiger partial charge in [-0.25, -0.2) is 9.13 Å². The van der Waals surface area contributed by atoms with E-state index < -0.39 is 97.5 Å². The Morgan fingerprint density at radius 2 is 0.622 bits per heavy atom. The van der Waals surface area contributed by atoms with Crippen molar-refractivity contribution in [1.29, 1.82) is 0 Å². The molecule has 0 aromatic heterocycles. The second-order valence-corrected chi connectivity index (χ2v) is 26.9. The summed E-state index contributed by atoms with van der Waals surface area (Å²) in [6.07, 6.45) is 35.4. The third-order valence-electron chi connectivity index (χ3n) is 14.7. The van der Waals surface area contributed by atoms with E-state index in [1.165, 1.54) is 103 Å². The summed E-state index contributed by atoms with van der Waals surface area (Å²) in [6.45, 7) is 11.6. The van der Waals surface area contributed by atoms with Crippen molar-refractivity contribution in [2.24, 2.45) is 17.8 Å². The molecule has 0 saturated heterocycles. The first-order chi connectivity index (χ1) is 39.3. The molecule has 0 amide bonds. The van der Waals surface area contributed by atoms with Gasteiger partial charge in [-0.05, 0) is 43.4 Å². The van der Waals surface area contributed by atoms with Gasteiger partial charge in [-0.3, -0.25) is 37.3 Å². The Bertz CT molecular complexity index is 1630. The lowest BCUT2D eigenvalue weighted by Crippen LogP contribution is -2.30. The topological polar surface area (TPSA) is 237 Å². The second-order valence-electron chi connectivity index (χ2n) is 24.0. The molecule has 6 atom stereocenters. The Morgan fingerprint density at radius 1 is 0.354 bits per heavy atom. The number of phosphoric acid groups is 2. The van der Waals surface area contributed by atoms with Crippen molar-refractivity contribution in [3.63, 3.8) is 0 Å². The van der Waals surface area contributed by atoms with Crippen LogP contribution in [0.5, 0.6) is 0 Å². The first-order valence-electron chi connectivity index (χ1n) is 32.9. The number of hydrogen-bond acceptors (Lipinski definition) is 15. The van der Waals surface area contributed by atoms with Crippen LogP contribution >= 0.6 is 15.6 Å². The number of rotatable bonds is 61. The summed E-state index contributed by atoms with van der Waals surface area (Å²) in [6, 6.07) is 0. The molecule has 0 aliphatic rings. The number of unbranched alkanes of at least 4 members (excludes halogenated alkanes) is 28. The van der Waals surface area contributed by atoms with Gasteiger partial charge in [0.05, 0.1) is 26.4 Å². The van der Waals surface area contributed by atoms with Crippen LogP contribution in [0.3, 0.4) is 0 Å². The van der Waals surface area contributed by atoms with Gasteiger partial charge in [0.15, 0.2) is 12.2 Å². The van der Waals surface area contributed by atoms with E-state index >= 15 is 0 Å². The van der Waals surface area contributed by atoms with Crippen LogP contribution in [0.2, 0.25) is 0 Å². The Labute approximate surface area is 498 Å².